The summed E-state index contributed by atoms with van der Waals surface area (Å²) < 4.78 is 7.00. The molecule has 0 aromatic carbocycles. The number of likely N-dealkylation sites (tertiary alicyclic amines) is 1. The number of aromatic nitrogens is 2. The van der Waals surface area contributed by atoms with Crippen molar-refractivity contribution in [3.63, 3.8) is 0 Å². The molecule has 1 aliphatic rings. The average Bonchev–Trinajstić information content (AvgIpc) is 2.66. The first kappa shape index (κ1) is 16.0. The predicted molar refractivity (Wildman–Crippen MR) is 82.0 cm³/mol. The van der Waals surface area contributed by atoms with Crippen LogP contribution in [-0.2, 0) is 16.6 Å². The Morgan fingerprint density at radius 3 is 2.52 bits per heavy atom. The molecule has 1 unspecified atom stereocenters. The predicted octanol–water partition coefficient (Wildman–Crippen LogP) is 2.60. The van der Waals surface area contributed by atoms with Crippen LogP contribution in [0.3, 0.4) is 0 Å². The van der Waals surface area contributed by atoms with Gasteiger partial charge in [-0.3, -0.25) is 14.4 Å². The topological polar surface area (TPSA) is 47.4 Å². The van der Waals surface area contributed by atoms with Crippen molar-refractivity contribution in [3.8, 4) is 0 Å². The smallest absolute Gasteiger partial charge is 0.307 e. The number of esters is 1. The second-order valence-corrected chi connectivity index (χ2v) is 5.82. The zero-order valence-corrected chi connectivity index (χ0v) is 13.5. The third-order valence-corrected chi connectivity index (χ3v) is 4.16. The molecule has 1 aromatic heterocycles. The zero-order valence-electron chi connectivity index (χ0n) is 13.5. The molecule has 1 saturated heterocycles. The molecule has 0 N–H and O–H groups in total. The van der Waals surface area contributed by atoms with Gasteiger partial charge in [0, 0.05) is 24.8 Å². The van der Waals surface area contributed by atoms with Crippen molar-refractivity contribution >= 4 is 5.97 Å². The van der Waals surface area contributed by atoms with Crippen molar-refractivity contribution < 1.29 is 9.53 Å². The highest BCUT2D eigenvalue weighted by atomic mass is 16.5. The molecule has 0 amide bonds. The van der Waals surface area contributed by atoms with Crippen LogP contribution in [0.5, 0.6) is 0 Å². The van der Waals surface area contributed by atoms with Crippen LogP contribution in [0.2, 0.25) is 0 Å². The summed E-state index contributed by atoms with van der Waals surface area (Å²) in [5.74, 6) is -0.116. The van der Waals surface area contributed by atoms with Crippen LogP contribution in [0.1, 0.15) is 56.3 Å². The summed E-state index contributed by atoms with van der Waals surface area (Å²) in [5.41, 5.74) is 2.17. The zero-order chi connectivity index (χ0) is 15.2. The molecule has 0 bridgehead atoms. The first-order valence-electron chi connectivity index (χ1n) is 8.01. The van der Waals surface area contributed by atoms with Gasteiger partial charge in [-0.2, -0.15) is 5.10 Å². The molecular weight excluding hydrogens is 266 g/mol. The van der Waals surface area contributed by atoms with E-state index in [2.05, 4.69) is 10.00 Å². The van der Waals surface area contributed by atoms with E-state index in [9.17, 15) is 4.79 Å². The maximum absolute atomic E-state index is 12.0. The Labute approximate surface area is 127 Å². The molecule has 1 fully saturated rings. The van der Waals surface area contributed by atoms with E-state index in [-0.39, 0.29) is 12.0 Å². The van der Waals surface area contributed by atoms with Crippen molar-refractivity contribution in [2.45, 2.75) is 52.0 Å². The van der Waals surface area contributed by atoms with E-state index in [4.69, 9.17) is 4.74 Å². The van der Waals surface area contributed by atoms with Gasteiger partial charge in [0.1, 0.15) is 0 Å². The van der Waals surface area contributed by atoms with E-state index in [1.165, 1.54) is 25.7 Å². The molecule has 1 atom stereocenters. The number of rotatable bonds is 5. The molecule has 5 nitrogen and oxygen atoms in total. The van der Waals surface area contributed by atoms with Crippen LogP contribution in [0, 0.1) is 6.92 Å². The molecule has 2 rings (SSSR count). The molecule has 0 aliphatic carbocycles. The summed E-state index contributed by atoms with van der Waals surface area (Å²) in [5, 5.41) is 4.44. The highest BCUT2D eigenvalue weighted by Gasteiger charge is 2.27. The summed E-state index contributed by atoms with van der Waals surface area (Å²) >= 11 is 0. The van der Waals surface area contributed by atoms with Crippen LogP contribution in [0.25, 0.3) is 0 Å². The Morgan fingerprint density at radius 2 is 2.00 bits per heavy atom. The third-order valence-electron chi connectivity index (χ3n) is 4.16. The summed E-state index contributed by atoms with van der Waals surface area (Å²) in [6.45, 7) is 6.42. The first-order valence-corrected chi connectivity index (χ1v) is 8.01. The number of aryl methyl sites for hydroxylation is 2. The Bertz CT molecular complexity index is 462. The monoisotopic (exact) mass is 293 g/mol. The minimum atomic E-state index is -0.116. The van der Waals surface area contributed by atoms with Crippen molar-refractivity contribution in [2.24, 2.45) is 7.05 Å². The molecule has 21 heavy (non-hydrogen) atoms. The lowest BCUT2D eigenvalue weighted by molar-refractivity contribution is -0.144. The molecule has 2 heterocycles. The maximum Gasteiger partial charge on any atom is 0.307 e. The van der Waals surface area contributed by atoms with Gasteiger partial charge in [-0.05, 0) is 39.8 Å². The molecule has 1 aromatic rings. The lowest BCUT2D eigenvalue weighted by atomic mass is 10.0. The van der Waals surface area contributed by atoms with Crippen molar-refractivity contribution in [1.82, 2.24) is 14.7 Å². The van der Waals surface area contributed by atoms with E-state index in [0.717, 1.165) is 24.3 Å². The second-order valence-electron chi connectivity index (χ2n) is 5.82. The molecule has 0 spiro atoms. The van der Waals surface area contributed by atoms with Gasteiger partial charge in [0.05, 0.1) is 18.7 Å². The van der Waals surface area contributed by atoms with Crippen molar-refractivity contribution in [2.75, 3.05) is 19.7 Å². The van der Waals surface area contributed by atoms with Gasteiger partial charge in [-0.25, -0.2) is 0 Å². The van der Waals surface area contributed by atoms with Gasteiger partial charge in [0.2, 0.25) is 0 Å². The number of hydrogen-bond donors (Lipinski definition) is 0. The Morgan fingerprint density at radius 1 is 1.33 bits per heavy atom. The second kappa shape index (κ2) is 7.59. The third kappa shape index (κ3) is 4.30. The summed E-state index contributed by atoms with van der Waals surface area (Å²) in [7, 11) is 1.93. The lowest BCUT2D eigenvalue weighted by Crippen LogP contribution is -2.32. The van der Waals surface area contributed by atoms with Gasteiger partial charge in [-0.15, -0.1) is 0 Å². The van der Waals surface area contributed by atoms with Gasteiger partial charge in [-0.1, -0.05) is 12.8 Å². The number of hydrogen-bond acceptors (Lipinski definition) is 4. The summed E-state index contributed by atoms with van der Waals surface area (Å²) in [4.78, 5) is 14.4. The highest BCUT2D eigenvalue weighted by molar-refractivity contribution is 5.70. The Kier molecular flexibility index (Phi) is 5.79. The number of nitrogens with zero attached hydrogens (tertiary/aromatic N) is 3. The number of carbonyl (C=O) groups is 1. The van der Waals surface area contributed by atoms with Gasteiger partial charge in [0.15, 0.2) is 0 Å². The van der Waals surface area contributed by atoms with Crippen LogP contribution in [-0.4, -0.2) is 40.3 Å². The fourth-order valence-electron chi connectivity index (χ4n) is 3.17. The van der Waals surface area contributed by atoms with E-state index in [1.54, 1.807) is 0 Å². The highest BCUT2D eigenvalue weighted by Crippen LogP contribution is 2.29. The molecule has 118 valence electrons. The molecule has 0 radical (unpaired) electrons. The van der Waals surface area contributed by atoms with Gasteiger partial charge < -0.3 is 4.74 Å². The van der Waals surface area contributed by atoms with E-state index in [1.807, 2.05) is 31.8 Å². The first-order chi connectivity index (χ1) is 10.1. The van der Waals surface area contributed by atoms with Gasteiger partial charge >= 0.3 is 5.97 Å². The van der Waals surface area contributed by atoms with Crippen LogP contribution in [0.15, 0.2) is 6.20 Å². The van der Waals surface area contributed by atoms with E-state index >= 15 is 0 Å². The SMILES string of the molecule is CCOC(=O)CC(c1cn(C)nc1C)N1CCCCCC1. The Balaban J connectivity index is 2.20. The fourth-order valence-corrected chi connectivity index (χ4v) is 3.17. The molecular formula is C16H27N3O2. The van der Waals surface area contributed by atoms with Crippen LogP contribution >= 0.6 is 0 Å². The average molecular weight is 293 g/mol. The lowest BCUT2D eigenvalue weighted by Gasteiger charge is -2.29. The van der Waals surface area contributed by atoms with E-state index < -0.39 is 0 Å². The van der Waals surface area contributed by atoms with Crippen LogP contribution in [0.4, 0.5) is 0 Å². The quantitative estimate of drug-likeness (QED) is 0.783. The van der Waals surface area contributed by atoms with Crippen LogP contribution < -0.4 is 0 Å². The summed E-state index contributed by atoms with van der Waals surface area (Å²) in [6.07, 6.45) is 7.45. The molecule has 1 aliphatic heterocycles. The molecule has 5 heteroatoms. The van der Waals surface area contributed by atoms with Crippen molar-refractivity contribution in [3.05, 3.63) is 17.5 Å². The summed E-state index contributed by atoms with van der Waals surface area (Å²) in [6, 6.07) is 0.0934. The standard InChI is InChI=1S/C16H27N3O2/c1-4-21-16(20)11-15(14-12-18(3)17-13(14)2)19-9-7-5-6-8-10-19/h12,15H,4-11H2,1-3H3. The molecule has 0 saturated carbocycles. The Hall–Kier alpha value is -1.36. The van der Waals surface area contributed by atoms with Crippen molar-refractivity contribution in [1.29, 1.82) is 0 Å². The fraction of sp³-hybridized carbons (Fsp3) is 0.750. The van der Waals surface area contributed by atoms with Gasteiger partial charge in [0.25, 0.3) is 0 Å². The number of ether oxygens (including phenoxy) is 1. The van der Waals surface area contributed by atoms with E-state index in [0.29, 0.717) is 13.0 Å². The number of carbonyl (C=O) groups excluding carboxylic acids is 1. The maximum atomic E-state index is 12.0. The normalized spacial score (nSPS) is 18.2. The minimum absolute atomic E-state index is 0.0934. The largest absolute Gasteiger partial charge is 0.466 e. The minimum Gasteiger partial charge on any atom is -0.466 e.